The highest BCUT2D eigenvalue weighted by Gasteiger charge is 2.34. The largest absolute Gasteiger partial charge is 0.457 e. The monoisotopic (exact) mass is 522 g/mol. The predicted molar refractivity (Wildman–Crippen MR) is 140 cm³/mol. The van der Waals surface area contributed by atoms with Crippen LogP contribution in [0.15, 0.2) is 41.6 Å². The van der Waals surface area contributed by atoms with E-state index in [9.17, 15) is 9.59 Å². The Kier molecular flexibility index (Phi) is 7.11. The molecule has 2 fully saturated rings. The van der Waals surface area contributed by atoms with Gasteiger partial charge in [-0.2, -0.15) is 5.10 Å². The van der Waals surface area contributed by atoms with E-state index in [1.165, 1.54) is 17.3 Å². The van der Waals surface area contributed by atoms with E-state index >= 15 is 4.39 Å². The highest BCUT2D eigenvalue weighted by Crippen LogP contribution is 2.30. The third kappa shape index (κ3) is 4.62. The van der Waals surface area contributed by atoms with Crippen LogP contribution in [0.5, 0.6) is 6.01 Å². The van der Waals surface area contributed by atoms with Gasteiger partial charge in [0.15, 0.2) is 6.17 Å². The van der Waals surface area contributed by atoms with E-state index in [4.69, 9.17) is 9.47 Å². The summed E-state index contributed by atoms with van der Waals surface area (Å²) in [6.45, 7) is 3.34. The van der Waals surface area contributed by atoms with Crippen molar-refractivity contribution in [3.63, 3.8) is 0 Å². The summed E-state index contributed by atoms with van der Waals surface area (Å²) in [7, 11) is 0. The fourth-order valence-corrected chi connectivity index (χ4v) is 5.28. The Morgan fingerprint density at radius 1 is 1.16 bits per heavy atom. The summed E-state index contributed by atoms with van der Waals surface area (Å²) < 4.78 is 28.1. The first-order valence-electron chi connectivity index (χ1n) is 12.5. The Morgan fingerprint density at radius 3 is 2.66 bits per heavy atom. The third-order valence-corrected chi connectivity index (χ3v) is 7.24. The lowest BCUT2D eigenvalue weighted by atomic mass is 10.00. The Bertz CT molecular complexity index is 1520. The molecule has 11 heteroatoms. The van der Waals surface area contributed by atoms with Crippen LogP contribution in [0.3, 0.4) is 0 Å². The van der Waals surface area contributed by atoms with Gasteiger partial charge in [-0.05, 0) is 43.5 Å². The number of H-pyrrole nitrogens is 1. The van der Waals surface area contributed by atoms with Gasteiger partial charge in [0.2, 0.25) is 0 Å². The fraction of sp³-hybridized carbons (Fsp3) is 0.444. The molecule has 0 bridgehead atoms. The number of amides is 1. The number of carbonyl (C=O) groups is 1. The van der Waals surface area contributed by atoms with Crippen LogP contribution in [-0.4, -0.2) is 74.1 Å². The zero-order valence-corrected chi connectivity index (χ0v) is 20.4. The van der Waals surface area contributed by atoms with E-state index in [-0.39, 0.29) is 37.5 Å². The standard InChI is InChI=1S/C26H27FN6O4.CH4/c1-15-11-21-18(23-19(24(34)31-21)13-30-33(23)16-4-9-36-10-5-16)12-17(15)25(35)32-8-3-22(20(27)14-32)37-26-28-6-2-7-29-26;/h2,6-7,11-13,16,20,22H,3-5,8-10,14H2,1H3,(H,31,34);1H4/t20-,22+;/m0./s1. The lowest BCUT2D eigenvalue weighted by Crippen LogP contribution is -2.49. The molecule has 0 saturated carbocycles. The summed E-state index contributed by atoms with van der Waals surface area (Å²) in [4.78, 5) is 38.8. The number of benzene rings is 1. The molecular formula is C27H31FN6O4. The van der Waals surface area contributed by atoms with Crippen LogP contribution in [-0.2, 0) is 4.74 Å². The first-order valence-corrected chi connectivity index (χ1v) is 12.5. The van der Waals surface area contributed by atoms with Crippen LogP contribution >= 0.6 is 0 Å². The number of rotatable bonds is 4. The van der Waals surface area contributed by atoms with Gasteiger partial charge in [-0.15, -0.1) is 0 Å². The number of nitrogens with zero attached hydrogens (tertiary/aromatic N) is 5. The summed E-state index contributed by atoms with van der Waals surface area (Å²) in [5.41, 5.74) is 2.30. The number of fused-ring (bicyclic) bond motifs is 3. The number of halogens is 1. The van der Waals surface area contributed by atoms with Crippen molar-refractivity contribution in [2.24, 2.45) is 0 Å². The smallest absolute Gasteiger partial charge is 0.316 e. The molecule has 5 heterocycles. The van der Waals surface area contributed by atoms with E-state index < -0.39 is 12.3 Å². The van der Waals surface area contributed by atoms with Crippen molar-refractivity contribution in [3.8, 4) is 6.01 Å². The van der Waals surface area contributed by atoms with Crippen LogP contribution in [0, 0.1) is 6.92 Å². The number of pyridine rings is 1. The van der Waals surface area contributed by atoms with Crippen molar-refractivity contribution in [1.29, 1.82) is 0 Å². The Labute approximate surface area is 218 Å². The normalized spacial score (nSPS) is 20.4. The van der Waals surface area contributed by atoms with Gasteiger partial charge in [0, 0.05) is 49.5 Å². The molecule has 4 aromatic rings. The average molecular weight is 523 g/mol. The number of nitrogens with one attached hydrogen (secondary N) is 1. The minimum absolute atomic E-state index is 0. The molecule has 1 amide bonds. The van der Waals surface area contributed by atoms with Gasteiger partial charge < -0.3 is 19.4 Å². The van der Waals surface area contributed by atoms with Crippen molar-refractivity contribution in [1.82, 2.24) is 29.6 Å². The molecular weight excluding hydrogens is 491 g/mol. The summed E-state index contributed by atoms with van der Waals surface area (Å²) in [5, 5.41) is 5.76. The molecule has 2 aliphatic heterocycles. The number of hydrogen-bond donors (Lipinski definition) is 1. The van der Waals surface area contributed by atoms with Gasteiger partial charge in [0.05, 0.1) is 35.2 Å². The van der Waals surface area contributed by atoms with E-state index in [1.807, 2.05) is 11.6 Å². The van der Waals surface area contributed by atoms with Crippen molar-refractivity contribution in [2.75, 3.05) is 26.3 Å². The first kappa shape index (κ1) is 25.8. The maximum atomic E-state index is 15.0. The molecule has 200 valence electrons. The summed E-state index contributed by atoms with van der Waals surface area (Å²) in [5.74, 6) is -0.257. The number of hydrogen-bond acceptors (Lipinski definition) is 7. The lowest BCUT2D eigenvalue weighted by Gasteiger charge is -2.34. The highest BCUT2D eigenvalue weighted by molar-refractivity contribution is 6.07. The van der Waals surface area contributed by atoms with Gasteiger partial charge in [-0.3, -0.25) is 14.3 Å². The molecule has 2 atom stereocenters. The van der Waals surface area contributed by atoms with Gasteiger partial charge in [0.1, 0.15) is 6.10 Å². The van der Waals surface area contributed by atoms with Crippen LogP contribution in [0.2, 0.25) is 0 Å². The molecule has 2 aliphatic rings. The number of carbonyl (C=O) groups excluding carboxylic acids is 1. The number of piperidine rings is 1. The van der Waals surface area contributed by atoms with Crippen LogP contribution in [0.4, 0.5) is 4.39 Å². The number of alkyl halides is 1. The van der Waals surface area contributed by atoms with E-state index in [0.29, 0.717) is 53.7 Å². The molecule has 38 heavy (non-hydrogen) atoms. The van der Waals surface area contributed by atoms with Crippen LogP contribution in [0.25, 0.3) is 21.8 Å². The zero-order valence-electron chi connectivity index (χ0n) is 20.4. The van der Waals surface area contributed by atoms with Gasteiger partial charge in [0.25, 0.3) is 11.5 Å². The number of ether oxygens (including phenoxy) is 2. The maximum absolute atomic E-state index is 15.0. The van der Waals surface area contributed by atoms with Gasteiger partial charge in [-0.25, -0.2) is 14.4 Å². The molecule has 10 nitrogen and oxygen atoms in total. The molecule has 1 N–H and O–H groups in total. The predicted octanol–water partition coefficient (Wildman–Crippen LogP) is 3.60. The molecule has 2 saturated heterocycles. The van der Waals surface area contributed by atoms with E-state index in [2.05, 4.69) is 20.1 Å². The van der Waals surface area contributed by atoms with Crippen molar-refractivity contribution in [2.45, 2.75) is 51.9 Å². The molecule has 1 aromatic carbocycles. The quantitative estimate of drug-likeness (QED) is 0.436. The van der Waals surface area contributed by atoms with Crippen LogP contribution in [0.1, 0.15) is 48.7 Å². The zero-order chi connectivity index (χ0) is 25.5. The summed E-state index contributed by atoms with van der Waals surface area (Å²) >= 11 is 0. The second kappa shape index (κ2) is 10.5. The maximum Gasteiger partial charge on any atom is 0.316 e. The molecule has 3 aromatic heterocycles. The number of likely N-dealkylation sites (tertiary alicyclic amines) is 1. The van der Waals surface area contributed by atoms with E-state index in [1.54, 1.807) is 24.4 Å². The molecule has 0 aliphatic carbocycles. The summed E-state index contributed by atoms with van der Waals surface area (Å²) in [6.07, 6.45) is 4.48. The second-order valence-corrected chi connectivity index (χ2v) is 9.61. The molecule has 0 unspecified atom stereocenters. The lowest BCUT2D eigenvalue weighted by molar-refractivity contribution is 0.0164. The fourth-order valence-electron chi connectivity index (χ4n) is 5.28. The van der Waals surface area contributed by atoms with Gasteiger partial charge in [-0.1, -0.05) is 7.43 Å². The Hall–Kier alpha value is -3.86. The van der Waals surface area contributed by atoms with E-state index in [0.717, 1.165) is 18.2 Å². The topological polar surface area (TPSA) is 115 Å². The Balaban J connectivity index is 0.00000294. The first-order chi connectivity index (χ1) is 18.0. The van der Waals surface area contributed by atoms with Crippen LogP contribution < -0.4 is 10.3 Å². The third-order valence-electron chi connectivity index (χ3n) is 7.24. The van der Waals surface area contributed by atoms with Crippen molar-refractivity contribution in [3.05, 3.63) is 58.3 Å². The summed E-state index contributed by atoms with van der Waals surface area (Å²) in [6, 6.07) is 5.50. The molecule has 0 spiro atoms. The highest BCUT2D eigenvalue weighted by atomic mass is 19.1. The van der Waals surface area contributed by atoms with Gasteiger partial charge >= 0.3 is 6.01 Å². The minimum atomic E-state index is -1.37. The Morgan fingerprint density at radius 2 is 1.92 bits per heavy atom. The molecule has 0 radical (unpaired) electrons. The number of aromatic nitrogens is 5. The van der Waals surface area contributed by atoms with Crippen molar-refractivity contribution >= 4 is 27.7 Å². The van der Waals surface area contributed by atoms with Crippen molar-refractivity contribution < 1.29 is 18.7 Å². The second-order valence-electron chi connectivity index (χ2n) is 9.61. The SMILES string of the molecule is C.Cc1cc2[nH]c(=O)c3cnn(C4CCOCC4)c3c2cc1C(=O)N1CC[C@@H](Oc2ncccn2)[C@@H](F)C1. The number of aryl methyl sites for hydroxylation is 1. The minimum Gasteiger partial charge on any atom is -0.457 e. The number of aromatic amines is 1. The average Bonchev–Trinajstić information content (AvgIpc) is 3.37. The molecule has 6 rings (SSSR count).